The first-order valence-corrected chi connectivity index (χ1v) is 18.9. The van der Waals surface area contributed by atoms with E-state index in [0.717, 1.165) is 89.0 Å². The van der Waals surface area contributed by atoms with Crippen molar-refractivity contribution in [2.75, 3.05) is 0 Å². The van der Waals surface area contributed by atoms with Gasteiger partial charge in [0.1, 0.15) is 11.2 Å². The van der Waals surface area contributed by atoms with Crippen molar-refractivity contribution in [3.63, 3.8) is 0 Å². The van der Waals surface area contributed by atoms with Gasteiger partial charge in [-0.15, -0.1) is 0 Å². The molecule has 4 nitrogen and oxygen atoms in total. The molecule has 8 aromatic carbocycles. The van der Waals surface area contributed by atoms with Crippen molar-refractivity contribution in [3.05, 3.63) is 200 Å². The van der Waals surface area contributed by atoms with Crippen LogP contribution in [0.15, 0.2) is 205 Å². The van der Waals surface area contributed by atoms with Gasteiger partial charge in [0.15, 0.2) is 5.82 Å². The molecule has 56 heavy (non-hydrogen) atoms. The number of furan rings is 1. The fraction of sp³-hybridized carbons (Fsp3) is 0. The summed E-state index contributed by atoms with van der Waals surface area (Å²) in [6.45, 7) is 0. The second-order valence-electron chi connectivity index (χ2n) is 14.2. The number of hydrogen-bond donors (Lipinski definition) is 0. The first-order chi connectivity index (χ1) is 27.8. The van der Waals surface area contributed by atoms with E-state index >= 15 is 0 Å². The monoisotopic (exact) mass is 715 g/mol. The van der Waals surface area contributed by atoms with Crippen LogP contribution in [0, 0.1) is 0 Å². The molecule has 0 amide bonds. The Morgan fingerprint density at radius 3 is 1.68 bits per heavy atom. The molecule has 4 heteroatoms. The Bertz CT molecular complexity index is 3170. The minimum atomic E-state index is 0.696. The van der Waals surface area contributed by atoms with Gasteiger partial charge < -0.3 is 8.98 Å². The first kappa shape index (κ1) is 31.9. The second kappa shape index (κ2) is 13.1. The van der Waals surface area contributed by atoms with Gasteiger partial charge in [-0.3, -0.25) is 0 Å². The van der Waals surface area contributed by atoms with E-state index < -0.39 is 0 Å². The topological polar surface area (TPSA) is 43.9 Å². The summed E-state index contributed by atoms with van der Waals surface area (Å²) in [6, 6.07) is 70.2. The molecule has 0 aliphatic heterocycles. The molecule has 0 bridgehead atoms. The van der Waals surface area contributed by atoms with E-state index in [2.05, 4.69) is 180 Å². The Kier molecular flexibility index (Phi) is 7.46. The third kappa shape index (κ3) is 5.31. The van der Waals surface area contributed by atoms with E-state index in [1.54, 1.807) is 0 Å². The molecule has 0 saturated carbocycles. The lowest BCUT2D eigenvalue weighted by Crippen LogP contribution is -1.97. The Labute approximate surface area is 323 Å². The van der Waals surface area contributed by atoms with Gasteiger partial charge in [0.25, 0.3) is 0 Å². The molecule has 0 fully saturated rings. The maximum atomic E-state index is 6.38. The Morgan fingerprint density at radius 1 is 0.357 bits per heavy atom. The summed E-state index contributed by atoms with van der Waals surface area (Å²) in [5.74, 6) is 0.696. The molecule has 0 atom stereocenters. The standard InChI is InChI=1S/C52H33N3O/c1-3-14-35(15-4-1)46-33-47(36-16-5-2-6-17-36)54-52(53-46)44-21-8-7-18-39(44)37-28-31-49-45(32-37)41-19-9-11-24-48(41)55(49)38-29-26-34(27-30-38)40-22-13-23-43-42-20-10-12-25-50(42)56-51(40)43/h1-33H. The Morgan fingerprint density at radius 2 is 0.929 bits per heavy atom. The van der Waals surface area contributed by atoms with Crippen molar-refractivity contribution in [1.82, 2.24) is 14.5 Å². The van der Waals surface area contributed by atoms with E-state index in [9.17, 15) is 0 Å². The summed E-state index contributed by atoms with van der Waals surface area (Å²) in [6.07, 6.45) is 0. The highest BCUT2D eigenvalue weighted by molar-refractivity contribution is 6.11. The van der Waals surface area contributed by atoms with Gasteiger partial charge in [-0.25, -0.2) is 9.97 Å². The van der Waals surface area contributed by atoms with E-state index in [1.165, 1.54) is 10.8 Å². The molecule has 262 valence electrons. The zero-order valence-electron chi connectivity index (χ0n) is 30.3. The van der Waals surface area contributed by atoms with Crippen molar-refractivity contribution >= 4 is 43.7 Å². The third-order valence-corrected chi connectivity index (χ3v) is 10.9. The second-order valence-corrected chi connectivity index (χ2v) is 14.2. The number of rotatable bonds is 6. The zero-order valence-corrected chi connectivity index (χ0v) is 30.3. The van der Waals surface area contributed by atoms with Crippen LogP contribution in [0.2, 0.25) is 0 Å². The van der Waals surface area contributed by atoms with E-state index in [4.69, 9.17) is 14.4 Å². The quantitative estimate of drug-likeness (QED) is 0.172. The predicted octanol–water partition coefficient (Wildman–Crippen LogP) is 13.8. The molecule has 3 aromatic heterocycles. The molecule has 0 unspecified atom stereocenters. The van der Waals surface area contributed by atoms with Crippen molar-refractivity contribution in [2.24, 2.45) is 0 Å². The summed E-state index contributed by atoms with van der Waals surface area (Å²) in [7, 11) is 0. The lowest BCUT2D eigenvalue weighted by molar-refractivity contribution is 0.670. The van der Waals surface area contributed by atoms with Gasteiger partial charge in [-0.1, -0.05) is 158 Å². The number of para-hydroxylation sites is 3. The van der Waals surface area contributed by atoms with Gasteiger partial charge in [-0.05, 0) is 59.2 Å². The maximum Gasteiger partial charge on any atom is 0.161 e. The lowest BCUT2D eigenvalue weighted by Gasteiger charge is -2.13. The van der Waals surface area contributed by atoms with Crippen molar-refractivity contribution in [1.29, 1.82) is 0 Å². The molecule has 0 spiro atoms. The lowest BCUT2D eigenvalue weighted by atomic mass is 9.97. The van der Waals surface area contributed by atoms with Crippen LogP contribution in [0.4, 0.5) is 0 Å². The smallest absolute Gasteiger partial charge is 0.161 e. The van der Waals surface area contributed by atoms with Crippen LogP contribution in [0.1, 0.15) is 0 Å². The summed E-state index contributed by atoms with van der Waals surface area (Å²) >= 11 is 0. The Balaban J connectivity index is 1.03. The van der Waals surface area contributed by atoms with Gasteiger partial charge in [0, 0.05) is 49.5 Å². The van der Waals surface area contributed by atoms with Crippen LogP contribution in [0.3, 0.4) is 0 Å². The van der Waals surface area contributed by atoms with E-state index in [1.807, 2.05) is 24.3 Å². The average molecular weight is 716 g/mol. The number of nitrogens with zero attached hydrogens (tertiary/aromatic N) is 3. The fourth-order valence-electron chi connectivity index (χ4n) is 8.19. The average Bonchev–Trinajstić information content (AvgIpc) is 3.83. The van der Waals surface area contributed by atoms with Crippen LogP contribution in [0.25, 0.3) is 106 Å². The molecular formula is C52H33N3O. The van der Waals surface area contributed by atoms with Gasteiger partial charge in [0.05, 0.1) is 22.4 Å². The SMILES string of the molecule is c1ccc(-c2cc(-c3ccccc3)nc(-c3ccccc3-c3ccc4c(c3)c3ccccc3n4-c3ccc(-c4cccc5c4oc4ccccc45)cc3)n2)cc1. The van der Waals surface area contributed by atoms with Crippen LogP contribution in [0.5, 0.6) is 0 Å². The maximum absolute atomic E-state index is 6.38. The molecule has 0 N–H and O–H groups in total. The highest BCUT2D eigenvalue weighted by Gasteiger charge is 2.18. The van der Waals surface area contributed by atoms with Crippen molar-refractivity contribution < 1.29 is 4.42 Å². The zero-order chi connectivity index (χ0) is 37.0. The van der Waals surface area contributed by atoms with Crippen molar-refractivity contribution in [2.45, 2.75) is 0 Å². The van der Waals surface area contributed by atoms with Gasteiger partial charge >= 0.3 is 0 Å². The number of fused-ring (bicyclic) bond motifs is 6. The first-order valence-electron chi connectivity index (χ1n) is 18.9. The summed E-state index contributed by atoms with van der Waals surface area (Å²) in [4.78, 5) is 10.4. The Hall–Kier alpha value is -7.56. The number of benzene rings is 8. The predicted molar refractivity (Wildman–Crippen MR) is 231 cm³/mol. The van der Waals surface area contributed by atoms with Crippen LogP contribution < -0.4 is 0 Å². The van der Waals surface area contributed by atoms with Crippen LogP contribution in [-0.2, 0) is 0 Å². The van der Waals surface area contributed by atoms with E-state index in [0.29, 0.717) is 5.82 Å². The minimum absolute atomic E-state index is 0.696. The highest BCUT2D eigenvalue weighted by atomic mass is 16.3. The van der Waals surface area contributed by atoms with E-state index in [-0.39, 0.29) is 0 Å². The van der Waals surface area contributed by atoms with Crippen molar-refractivity contribution in [3.8, 4) is 61.8 Å². The van der Waals surface area contributed by atoms with Gasteiger partial charge in [0.2, 0.25) is 0 Å². The number of aromatic nitrogens is 3. The molecule has 11 aromatic rings. The number of hydrogen-bond acceptors (Lipinski definition) is 3. The summed E-state index contributed by atoms with van der Waals surface area (Å²) < 4.78 is 8.74. The highest BCUT2D eigenvalue weighted by Crippen LogP contribution is 2.40. The molecule has 11 rings (SSSR count). The third-order valence-electron chi connectivity index (χ3n) is 10.9. The van der Waals surface area contributed by atoms with Crippen LogP contribution in [-0.4, -0.2) is 14.5 Å². The summed E-state index contributed by atoms with van der Waals surface area (Å²) in [5.41, 5.74) is 14.5. The molecule has 0 radical (unpaired) electrons. The molecular weight excluding hydrogens is 683 g/mol. The molecule has 3 heterocycles. The normalized spacial score (nSPS) is 11.6. The summed E-state index contributed by atoms with van der Waals surface area (Å²) in [5, 5.41) is 4.66. The minimum Gasteiger partial charge on any atom is -0.455 e. The molecule has 0 aliphatic carbocycles. The van der Waals surface area contributed by atoms with Gasteiger partial charge in [-0.2, -0.15) is 0 Å². The molecule has 0 aliphatic rings. The fourth-order valence-corrected chi connectivity index (χ4v) is 8.19. The largest absolute Gasteiger partial charge is 0.455 e. The van der Waals surface area contributed by atoms with Crippen LogP contribution >= 0.6 is 0 Å². The molecule has 0 saturated heterocycles.